The van der Waals surface area contributed by atoms with Crippen LogP contribution >= 0.6 is 0 Å². The number of piperidine rings is 1. The summed E-state index contributed by atoms with van der Waals surface area (Å²) in [6, 6.07) is 0. The molecule has 0 aromatic rings. The zero-order valence-electron chi connectivity index (χ0n) is 7.55. The van der Waals surface area contributed by atoms with Crippen LogP contribution in [0.5, 0.6) is 0 Å². The SMILES string of the molecule is CC1CN=C(C2CCCNC2)O1. The number of hydrogen-bond acceptors (Lipinski definition) is 3. The van der Waals surface area contributed by atoms with Gasteiger partial charge in [0.05, 0.1) is 6.54 Å². The molecule has 3 nitrogen and oxygen atoms in total. The van der Waals surface area contributed by atoms with Gasteiger partial charge in [-0.1, -0.05) is 0 Å². The Morgan fingerprint density at radius 2 is 2.50 bits per heavy atom. The van der Waals surface area contributed by atoms with Gasteiger partial charge in [0.25, 0.3) is 0 Å². The molecule has 0 radical (unpaired) electrons. The molecule has 2 aliphatic rings. The molecule has 0 aromatic heterocycles. The molecule has 0 aromatic carbocycles. The summed E-state index contributed by atoms with van der Waals surface area (Å²) in [7, 11) is 0. The summed E-state index contributed by atoms with van der Waals surface area (Å²) in [6.07, 6.45) is 2.79. The van der Waals surface area contributed by atoms with Crippen molar-refractivity contribution in [2.24, 2.45) is 10.9 Å². The van der Waals surface area contributed by atoms with Crippen molar-refractivity contribution in [3.05, 3.63) is 0 Å². The predicted octanol–water partition coefficient (Wildman–Crippen LogP) is 0.803. The first-order valence-electron chi connectivity index (χ1n) is 4.78. The number of rotatable bonds is 1. The monoisotopic (exact) mass is 168 g/mol. The summed E-state index contributed by atoms with van der Waals surface area (Å²) in [5, 5.41) is 3.37. The van der Waals surface area contributed by atoms with E-state index in [4.69, 9.17) is 4.74 Å². The molecule has 0 spiro atoms. The average molecular weight is 168 g/mol. The fourth-order valence-corrected chi connectivity index (χ4v) is 1.79. The lowest BCUT2D eigenvalue weighted by atomic mass is 10.00. The van der Waals surface area contributed by atoms with E-state index in [2.05, 4.69) is 17.2 Å². The van der Waals surface area contributed by atoms with Gasteiger partial charge >= 0.3 is 0 Å². The van der Waals surface area contributed by atoms with Crippen LogP contribution in [0.4, 0.5) is 0 Å². The second kappa shape index (κ2) is 3.44. The maximum Gasteiger partial charge on any atom is 0.188 e. The van der Waals surface area contributed by atoms with Gasteiger partial charge in [0.2, 0.25) is 0 Å². The summed E-state index contributed by atoms with van der Waals surface area (Å²) in [5.74, 6) is 1.54. The first-order valence-corrected chi connectivity index (χ1v) is 4.78. The molecule has 0 bridgehead atoms. The van der Waals surface area contributed by atoms with E-state index in [0.29, 0.717) is 12.0 Å². The van der Waals surface area contributed by atoms with Gasteiger partial charge in [0.15, 0.2) is 5.90 Å². The first kappa shape index (κ1) is 8.05. The molecular weight excluding hydrogens is 152 g/mol. The molecule has 0 aliphatic carbocycles. The van der Waals surface area contributed by atoms with Crippen molar-refractivity contribution in [3.8, 4) is 0 Å². The number of hydrogen-bond donors (Lipinski definition) is 1. The first-order chi connectivity index (χ1) is 5.86. The molecule has 2 rings (SSSR count). The minimum atomic E-state index is 0.307. The molecule has 68 valence electrons. The standard InChI is InChI=1S/C9H16N2O/c1-7-5-11-9(12-7)8-3-2-4-10-6-8/h7-8,10H,2-6H2,1H3. The number of aliphatic imine (C=N–C) groups is 1. The molecule has 2 unspecified atom stereocenters. The molecule has 2 aliphatic heterocycles. The third-order valence-electron chi connectivity index (χ3n) is 2.47. The molecule has 1 N–H and O–H groups in total. The van der Waals surface area contributed by atoms with Crippen LogP contribution in [0.2, 0.25) is 0 Å². The number of nitrogens with one attached hydrogen (secondary N) is 1. The van der Waals surface area contributed by atoms with Crippen molar-refractivity contribution in [3.63, 3.8) is 0 Å². The Bertz CT molecular complexity index is 185. The van der Waals surface area contributed by atoms with E-state index < -0.39 is 0 Å². The molecule has 3 heteroatoms. The van der Waals surface area contributed by atoms with E-state index >= 15 is 0 Å². The zero-order valence-corrected chi connectivity index (χ0v) is 7.55. The third kappa shape index (κ3) is 1.61. The average Bonchev–Trinajstić information content (AvgIpc) is 2.54. The Morgan fingerprint density at radius 3 is 3.08 bits per heavy atom. The smallest absolute Gasteiger partial charge is 0.188 e. The van der Waals surface area contributed by atoms with E-state index in [9.17, 15) is 0 Å². The lowest BCUT2D eigenvalue weighted by Gasteiger charge is -2.22. The van der Waals surface area contributed by atoms with Crippen LogP contribution in [-0.4, -0.2) is 31.6 Å². The van der Waals surface area contributed by atoms with Gasteiger partial charge in [-0.2, -0.15) is 0 Å². The Hall–Kier alpha value is -0.570. The maximum absolute atomic E-state index is 5.61. The van der Waals surface area contributed by atoms with Crippen LogP contribution < -0.4 is 5.32 Å². The van der Waals surface area contributed by atoms with Crippen molar-refractivity contribution in [2.75, 3.05) is 19.6 Å². The Labute approximate surface area is 73.2 Å². The van der Waals surface area contributed by atoms with Crippen LogP contribution in [-0.2, 0) is 4.74 Å². The highest BCUT2D eigenvalue weighted by Gasteiger charge is 2.25. The Balaban J connectivity index is 1.91. The Kier molecular flexibility index (Phi) is 2.30. The number of ether oxygens (including phenoxy) is 1. The van der Waals surface area contributed by atoms with Crippen molar-refractivity contribution in [1.29, 1.82) is 0 Å². The summed E-state index contributed by atoms with van der Waals surface area (Å²) in [4.78, 5) is 4.39. The van der Waals surface area contributed by atoms with Gasteiger partial charge < -0.3 is 10.1 Å². The molecule has 1 fully saturated rings. The predicted molar refractivity (Wildman–Crippen MR) is 48.4 cm³/mol. The van der Waals surface area contributed by atoms with Crippen LogP contribution in [0, 0.1) is 5.92 Å². The zero-order chi connectivity index (χ0) is 8.39. The van der Waals surface area contributed by atoms with Crippen LogP contribution in [0.25, 0.3) is 0 Å². The largest absolute Gasteiger partial charge is 0.476 e. The normalized spacial score (nSPS) is 35.9. The minimum absolute atomic E-state index is 0.307. The van der Waals surface area contributed by atoms with E-state index in [-0.39, 0.29) is 0 Å². The quantitative estimate of drug-likeness (QED) is 0.628. The fourth-order valence-electron chi connectivity index (χ4n) is 1.79. The van der Waals surface area contributed by atoms with Gasteiger partial charge in [-0.05, 0) is 26.3 Å². The molecular formula is C9H16N2O. The van der Waals surface area contributed by atoms with E-state index in [1.54, 1.807) is 0 Å². The maximum atomic E-state index is 5.61. The highest BCUT2D eigenvalue weighted by atomic mass is 16.5. The van der Waals surface area contributed by atoms with Gasteiger partial charge in [0, 0.05) is 12.5 Å². The minimum Gasteiger partial charge on any atom is -0.476 e. The van der Waals surface area contributed by atoms with Crippen molar-refractivity contribution in [1.82, 2.24) is 5.32 Å². The molecule has 12 heavy (non-hydrogen) atoms. The lowest BCUT2D eigenvalue weighted by Crippen LogP contribution is -2.34. The van der Waals surface area contributed by atoms with Crippen molar-refractivity contribution in [2.45, 2.75) is 25.9 Å². The fraction of sp³-hybridized carbons (Fsp3) is 0.889. The summed E-state index contributed by atoms with van der Waals surface area (Å²) in [5.41, 5.74) is 0. The van der Waals surface area contributed by atoms with Crippen molar-refractivity contribution < 1.29 is 4.74 Å². The summed E-state index contributed by atoms with van der Waals surface area (Å²) in [6.45, 7) is 5.13. The summed E-state index contributed by atoms with van der Waals surface area (Å²) < 4.78 is 5.61. The highest BCUT2D eigenvalue weighted by molar-refractivity contribution is 5.80. The van der Waals surface area contributed by atoms with Gasteiger partial charge in [0.1, 0.15) is 6.10 Å². The second-order valence-electron chi connectivity index (χ2n) is 3.65. The van der Waals surface area contributed by atoms with Crippen LogP contribution in [0.15, 0.2) is 4.99 Å². The summed E-state index contributed by atoms with van der Waals surface area (Å²) >= 11 is 0. The number of nitrogens with zero attached hydrogens (tertiary/aromatic N) is 1. The topological polar surface area (TPSA) is 33.6 Å². The molecule has 2 heterocycles. The van der Waals surface area contributed by atoms with Crippen LogP contribution in [0.3, 0.4) is 0 Å². The second-order valence-corrected chi connectivity index (χ2v) is 3.65. The lowest BCUT2D eigenvalue weighted by molar-refractivity contribution is 0.223. The van der Waals surface area contributed by atoms with Crippen LogP contribution in [0.1, 0.15) is 19.8 Å². The third-order valence-corrected chi connectivity index (χ3v) is 2.47. The van der Waals surface area contributed by atoms with E-state index in [1.165, 1.54) is 12.8 Å². The highest BCUT2D eigenvalue weighted by Crippen LogP contribution is 2.17. The molecule has 0 saturated carbocycles. The van der Waals surface area contributed by atoms with Gasteiger partial charge in [-0.25, -0.2) is 0 Å². The molecule has 1 saturated heterocycles. The van der Waals surface area contributed by atoms with Crippen molar-refractivity contribution >= 4 is 5.90 Å². The van der Waals surface area contributed by atoms with E-state index in [0.717, 1.165) is 25.5 Å². The van der Waals surface area contributed by atoms with E-state index in [1.807, 2.05) is 0 Å². The molecule has 0 amide bonds. The molecule has 2 atom stereocenters. The van der Waals surface area contributed by atoms with Gasteiger partial charge in [-0.15, -0.1) is 0 Å². The Morgan fingerprint density at radius 1 is 1.58 bits per heavy atom. The van der Waals surface area contributed by atoms with Gasteiger partial charge in [-0.3, -0.25) is 4.99 Å².